The Hall–Kier alpha value is -3.66. The smallest absolute Gasteiger partial charge is 0.264 e. The van der Waals surface area contributed by atoms with E-state index in [4.69, 9.17) is 16.3 Å². The maximum Gasteiger partial charge on any atom is 0.264 e. The zero-order valence-electron chi connectivity index (χ0n) is 20.6. The molecule has 196 valence electrons. The van der Waals surface area contributed by atoms with Crippen LogP contribution in [0.1, 0.15) is 28.8 Å². The number of methoxy groups -OCH3 is 1. The zero-order valence-corrected chi connectivity index (χ0v) is 22.2. The predicted molar refractivity (Wildman–Crippen MR) is 146 cm³/mol. The number of halogens is 1. The quantitative estimate of drug-likeness (QED) is 0.355. The number of pyridine rings is 1. The van der Waals surface area contributed by atoms with Crippen LogP contribution in [0.4, 0.5) is 5.69 Å². The highest BCUT2D eigenvalue weighted by Crippen LogP contribution is 2.37. The van der Waals surface area contributed by atoms with Crippen LogP contribution in [0.3, 0.4) is 0 Å². The minimum absolute atomic E-state index is 0.0500. The van der Waals surface area contributed by atoms with Gasteiger partial charge < -0.3 is 14.7 Å². The largest absolute Gasteiger partial charge is 0.496 e. The lowest BCUT2D eigenvalue weighted by Crippen LogP contribution is -2.45. The van der Waals surface area contributed by atoms with E-state index >= 15 is 0 Å². The Morgan fingerprint density at radius 1 is 1.05 bits per heavy atom. The molecule has 10 heteroatoms. The molecule has 1 aromatic heterocycles. The molecule has 2 heterocycles. The first kappa shape index (κ1) is 26.0. The third kappa shape index (κ3) is 4.92. The van der Waals surface area contributed by atoms with Crippen LogP contribution in [-0.2, 0) is 15.6 Å². The van der Waals surface area contributed by atoms with Crippen LogP contribution in [0.2, 0.25) is 5.02 Å². The van der Waals surface area contributed by atoms with Crippen molar-refractivity contribution in [2.45, 2.75) is 23.3 Å². The number of likely N-dealkylation sites (tertiary alicyclic amines) is 1. The number of benzene rings is 3. The van der Waals surface area contributed by atoms with Gasteiger partial charge in [-0.1, -0.05) is 48.0 Å². The molecule has 0 atom stereocenters. The van der Waals surface area contributed by atoms with E-state index in [2.05, 4.69) is 9.71 Å². The van der Waals surface area contributed by atoms with Crippen molar-refractivity contribution in [3.63, 3.8) is 0 Å². The number of fused-ring (bicyclic) bond motifs is 1. The first-order valence-corrected chi connectivity index (χ1v) is 13.9. The normalized spacial score (nSPS) is 15.3. The molecular weight excluding hydrogens is 526 g/mol. The molecule has 1 fully saturated rings. The summed E-state index contributed by atoms with van der Waals surface area (Å²) in [6.45, 7) is 0.651. The molecule has 3 aromatic carbocycles. The Morgan fingerprint density at radius 3 is 2.53 bits per heavy atom. The number of nitrogens with one attached hydrogen (secondary N) is 1. The number of ether oxygens (including phenoxy) is 1. The van der Waals surface area contributed by atoms with E-state index in [0.29, 0.717) is 53.0 Å². The number of anilines is 1. The number of para-hydroxylation sites is 1. The standard InChI is InChI=1S/C28H26ClN3O5S/c1-37-24-18-20(31-38(35,36)25-10-4-6-19-7-5-15-30-26(19)25)11-12-21(24)27(33)32-16-13-28(34,14-17-32)22-8-2-3-9-23(22)29/h2-12,15,18,31,34H,13-14,16-17H2,1H3. The fraction of sp³-hybridized carbons (Fsp3) is 0.214. The maximum absolute atomic E-state index is 13.3. The minimum Gasteiger partial charge on any atom is -0.496 e. The summed E-state index contributed by atoms with van der Waals surface area (Å²) in [7, 11) is -2.54. The number of aliphatic hydroxyl groups is 1. The molecule has 1 saturated heterocycles. The van der Waals surface area contributed by atoms with Crippen molar-refractivity contribution in [3.05, 3.63) is 95.1 Å². The maximum atomic E-state index is 13.3. The molecule has 0 bridgehead atoms. The van der Waals surface area contributed by atoms with Crippen LogP contribution in [0.25, 0.3) is 10.9 Å². The summed E-state index contributed by atoms with van der Waals surface area (Å²) in [6.07, 6.45) is 2.21. The van der Waals surface area contributed by atoms with Crippen LogP contribution in [0.5, 0.6) is 5.75 Å². The molecule has 0 radical (unpaired) electrons. The van der Waals surface area contributed by atoms with Gasteiger partial charge in [0.2, 0.25) is 0 Å². The average molecular weight is 552 g/mol. The lowest BCUT2D eigenvalue weighted by Gasteiger charge is -2.39. The molecule has 38 heavy (non-hydrogen) atoms. The highest BCUT2D eigenvalue weighted by Gasteiger charge is 2.37. The molecule has 0 unspecified atom stereocenters. The molecule has 1 aliphatic rings. The van der Waals surface area contributed by atoms with Gasteiger partial charge in [0, 0.05) is 41.3 Å². The number of amides is 1. The second kappa shape index (κ2) is 10.2. The van der Waals surface area contributed by atoms with Crippen molar-refractivity contribution >= 4 is 44.1 Å². The van der Waals surface area contributed by atoms with Gasteiger partial charge in [0.25, 0.3) is 15.9 Å². The summed E-state index contributed by atoms with van der Waals surface area (Å²) in [6, 6.07) is 20.2. The van der Waals surface area contributed by atoms with Crippen molar-refractivity contribution in [1.29, 1.82) is 0 Å². The molecular formula is C28H26ClN3O5S. The predicted octanol–water partition coefficient (Wildman–Crippen LogP) is 4.82. The molecule has 0 spiro atoms. The minimum atomic E-state index is -3.96. The summed E-state index contributed by atoms with van der Waals surface area (Å²) in [5, 5.41) is 12.4. The van der Waals surface area contributed by atoms with Crippen molar-refractivity contribution < 1.29 is 23.1 Å². The number of rotatable bonds is 6. The Balaban J connectivity index is 1.34. The van der Waals surface area contributed by atoms with Crippen molar-refractivity contribution in [3.8, 4) is 5.75 Å². The lowest BCUT2D eigenvalue weighted by molar-refractivity contribution is -0.0211. The van der Waals surface area contributed by atoms with Gasteiger partial charge in [0.05, 0.1) is 29.5 Å². The second-order valence-corrected chi connectivity index (χ2v) is 11.2. The van der Waals surface area contributed by atoms with Gasteiger partial charge in [-0.25, -0.2) is 8.42 Å². The van der Waals surface area contributed by atoms with Crippen molar-refractivity contribution in [2.24, 2.45) is 0 Å². The molecule has 5 rings (SSSR count). The molecule has 8 nitrogen and oxygen atoms in total. The number of aromatic nitrogens is 1. The van der Waals surface area contributed by atoms with Crippen molar-refractivity contribution in [2.75, 3.05) is 24.9 Å². The van der Waals surface area contributed by atoms with Gasteiger partial charge >= 0.3 is 0 Å². The van der Waals surface area contributed by atoms with Gasteiger partial charge in [-0.2, -0.15) is 0 Å². The second-order valence-electron chi connectivity index (χ2n) is 9.16. The van der Waals surface area contributed by atoms with E-state index in [1.54, 1.807) is 47.5 Å². The summed E-state index contributed by atoms with van der Waals surface area (Å²) in [5.41, 5.74) is 0.452. The average Bonchev–Trinajstić information content (AvgIpc) is 2.92. The molecule has 1 aliphatic heterocycles. The van der Waals surface area contributed by atoms with E-state index in [1.165, 1.54) is 31.4 Å². The fourth-order valence-corrected chi connectivity index (χ4v) is 6.33. The van der Waals surface area contributed by atoms with Crippen molar-refractivity contribution in [1.82, 2.24) is 9.88 Å². The number of sulfonamides is 1. The third-order valence-electron chi connectivity index (χ3n) is 6.82. The van der Waals surface area contributed by atoms with Crippen LogP contribution < -0.4 is 9.46 Å². The van der Waals surface area contributed by atoms with Gasteiger partial charge in [0.1, 0.15) is 10.6 Å². The first-order chi connectivity index (χ1) is 18.2. The van der Waals surface area contributed by atoms with Crippen LogP contribution in [-0.4, -0.2) is 49.5 Å². The highest BCUT2D eigenvalue weighted by molar-refractivity contribution is 7.93. The number of carbonyl (C=O) groups is 1. The Bertz CT molecular complexity index is 1610. The number of carbonyl (C=O) groups excluding carboxylic acids is 1. The SMILES string of the molecule is COc1cc(NS(=O)(=O)c2cccc3cccnc23)ccc1C(=O)N1CCC(O)(c2ccccc2Cl)CC1. The van der Waals surface area contributed by atoms with E-state index in [9.17, 15) is 18.3 Å². The topological polar surface area (TPSA) is 109 Å². The van der Waals surface area contributed by atoms with Gasteiger partial charge in [0.15, 0.2) is 0 Å². The Morgan fingerprint density at radius 2 is 1.79 bits per heavy atom. The van der Waals surface area contributed by atoms with E-state index in [0.717, 1.165) is 0 Å². The third-order valence-corrected chi connectivity index (χ3v) is 8.56. The number of hydrogen-bond donors (Lipinski definition) is 2. The molecule has 2 N–H and O–H groups in total. The molecule has 0 aliphatic carbocycles. The van der Waals surface area contributed by atoms with Crippen LogP contribution >= 0.6 is 11.6 Å². The highest BCUT2D eigenvalue weighted by atomic mass is 35.5. The summed E-state index contributed by atoms with van der Waals surface area (Å²) < 4.78 is 34.4. The number of piperidine rings is 1. The molecule has 0 saturated carbocycles. The first-order valence-electron chi connectivity index (χ1n) is 12.0. The van der Waals surface area contributed by atoms with Gasteiger partial charge in [-0.3, -0.25) is 14.5 Å². The summed E-state index contributed by atoms with van der Waals surface area (Å²) >= 11 is 6.30. The van der Waals surface area contributed by atoms with E-state index in [1.807, 2.05) is 12.1 Å². The van der Waals surface area contributed by atoms with E-state index in [-0.39, 0.29) is 22.2 Å². The summed E-state index contributed by atoms with van der Waals surface area (Å²) in [5.74, 6) is -0.0334. The monoisotopic (exact) mass is 551 g/mol. The van der Waals surface area contributed by atoms with Gasteiger partial charge in [-0.05, 0) is 43.2 Å². The molecule has 4 aromatic rings. The van der Waals surface area contributed by atoms with E-state index < -0.39 is 15.6 Å². The fourth-order valence-electron chi connectivity index (χ4n) is 4.79. The van der Waals surface area contributed by atoms with Crippen LogP contribution in [0, 0.1) is 0 Å². The zero-order chi connectivity index (χ0) is 26.9. The number of nitrogens with zero attached hydrogens (tertiary/aromatic N) is 2. The summed E-state index contributed by atoms with van der Waals surface area (Å²) in [4.78, 5) is 19.3. The molecule has 1 amide bonds. The lowest BCUT2D eigenvalue weighted by atomic mass is 9.84. The Kier molecular flexibility index (Phi) is 7.00. The van der Waals surface area contributed by atoms with Gasteiger partial charge in [-0.15, -0.1) is 0 Å². The van der Waals surface area contributed by atoms with Crippen LogP contribution in [0.15, 0.2) is 83.9 Å². The number of hydrogen-bond acceptors (Lipinski definition) is 6. The Labute approximate surface area is 225 Å².